The fraction of sp³-hybridized carbons (Fsp3) is 0. The number of imidazole rings is 1. The second-order valence-electron chi connectivity index (χ2n) is 5.60. The Morgan fingerprint density at radius 3 is 2.27 bits per heavy atom. The summed E-state index contributed by atoms with van der Waals surface area (Å²) in [6, 6.07) is 23.4. The summed E-state index contributed by atoms with van der Waals surface area (Å²) in [5.74, 6) is 0. The zero-order valence-corrected chi connectivity index (χ0v) is 15.2. The average Bonchev–Trinajstić information content (AvgIpc) is 3.06. The van der Waals surface area contributed by atoms with Crippen LogP contribution in [0.3, 0.4) is 0 Å². The standard InChI is InChI=1S/C19H15N3O2S2/c23-26(24,16-6-2-1-3-7-16)22-14-10-12-15(13-11-14)25-19-20-17-8-4-5-9-18(17)21-19/h1-13,22H,(H,20,21). The summed E-state index contributed by atoms with van der Waals surface area (Å²) in [5, 5.41) is 0.795. The van der Waals surface area contributed by atoms with E-state index >= 15 is 0 Å². The number of anilines is 1. The summed E-state index contributed by atoms with van der Waals surface area (Å²) >= 11 is 1.49. The number of para-hydroxylation sites is 2. The normalized spacial score (nSPS) is 11.5. The van der Waals surface area contributed by atoms with Gasteiger partial charge in [-0.1, -0.05) is 42.1 Å². The molecule has 3 aromatic carbocycles. The van der Waals surface area contributed by atoms with Gasteiger partial charge in [-0.25, -0.2) is 13.4 Å². The Balaban J connectivity index is 1.50. The third-order valence-electron chi connectivity index (χ3n) is 3.74. The lowest BCUT2D eigenvalue weighted by Crippen LogP contribution is -2.12. The molecule has 7 heteroatoms. The molecule has 1 aromatic heterocycles. The Labute approximate surface area is 155 Å². The molecule has 0 saturated heterocycles. The van der Waals surface area contributed by atoms with E-state index in [-0.39, 0.29) is 4.90 Å². The molecule has 4 aromatic rings. The first-order chi connectivity index (χ1) is 12.6. The molecule has 0 spiro atoms. The summed E-state index contributed by atoms with van der Waals surface area (Å²) in [7, 11) is -3.58. The lowest BCUT2D eigenvalue weighted by molar-refractivity contribution is 0.601. The first-order valence-corrected chi connectivity index (χ1v) is 10.2. The van der Waals surface area contributed by atoms with Crippen LogP contribution in [0.2, 0.25) is 0 Å². The number of H-pyrrole nitrogens is 1. The van der Waals surface area contributed by atoms with Gasteiger partial charge >= 0.3 is 0 Å². The molecule has 0 bridgehead atoms. The molecule has 0 amide bonds. The number of nitrogens with zero attached hydrogens (tertiary/aromatic N) is 1. The van der Waals surface area contributed by atoms with Crippen LogP contribution in [0.4, 0.5) is 5.69 Å². The van der Waals surface area contributed by atoms with Crippen LogP contribution in [0.5, 0.6) is 0 Å². The molecule has 0 saturated carbocycles. The average molecular weight is 381 g/mol. The quantitative estimate of drug-likeness (QED) is 0.533. The second kappa shape index (κ2) is 6.86. The van der Waals surface area contributed by atoms with Crippen LogP contribution in [-0.2, 0) is 10.0 Å². The molecule has 0 radical (unpaired) electrons. The highest BCUT2D eigenvalue weighted by atomic mass is 32.2. The van der Waals surface area contributed by atoms with Crippen molar-refractivity contribution in [3.8, 4) is 0 Å². The number of hydrogen-bond acceptors (Lipinski definition) is 4. The van der Waals surface area contributed by atoms with Crippen molar-refractivity contribution < 1.29 is 8.42 Å². The van der Waals surface area contributed by atoms with Gasteiger partial charge < -0.3 is 4.98 Å². The van der Waals surface area contributed by atoms with Gasteiger partial charge in [0, 0.05) is 10.6 Å². The number of fused-ring (bicyclic) bond motifs is 1. The molecule has 0 aliphatic heterocycles. The Hall–Kier alpha value is -2.77. The zero-order chi connectivity index (χ0) is 18.0. The van der Waals surface area contributed by atoms with E-state index in [4.69, 9.17) is 0 Å². The molecule has 5 nitrogen and oxygen atoms in total. The van der Waals surface area contributed by atoms with Gasteiger partial charge in [0.15, 0.2) is 5.16 Å². The van der Waals surface area contributed by atoms with E-state index in [0.29, 0.717) is 5.69 Å². The summed E-state index contributed by atoms with van der Waals surface area (Å²) < 4.78 is 27.3. The van der Waals surface area contributed by atoms with E-state index in [2.05, 4.69) is 14.7 Å². The SMILES string of the molecule is O=S(=O)(Nc1ccc(Sc2nc3ccccc3[nH]2)cc1)c1ccccc1. The number of rotatable bonds is 5. The fourth-order valence-electron chi connectivity index (χ4n) is 2.49. The molecular weight excluding hydrogens is 366 g/mol. The van der Waals surface area contributed by atoms with Crippen molar-refractivity contribution in [2.45, 2.75) is 14.9 Å². The van der Waals surface area contributed by atoms with Crippen LogP contribution in [0, 0.1) is 0 Å². The van der Waals surface area contributed by atoms with Gasteiger partial charge in [0.25, 0.3) is 10.0 Å². The van der Waals surface area contributed by atoms with E-state index in [1.165, 1.54) is 11.8 Å². The van der Waals surface area contributed by atoms with Gasteiger partial charge in [-0.15, -0.1) is 0 Å². The molecule has 26 heavy (non-hydrogen) atoms. The molecule has 0 aliphatic rings. The molecule has 2 N–H and O–H groups in total. The first kappa shape index (κ1) is 16.7. The number of aromatic amines is 1. The fourth-order valence-corrected chi connectivity index (χ4v) is 4.37. The maximum absolute atomic E-state index is 12.3. The maximum atomic E-state index is 12.3. The van der Waals surface area contributed by atoms with E-state index in [1.54, 1.807) is 42.5 Å². The largest absolute Gasteiger partial charge is 0.333 e. The lowest BCUT2D eigenvalue weighted by atomic mass is 10.3. The minimum Gasteiger partial charge on any atom is -0.333 e. The third-order valence-corrected chi connectivity index (χ3v) is 6.03. The minimum absolute atomic E-state index is 0.237. The first-order valence-electron chi connectivity index (χ1n) is 7.91. The van der Waals surface area contributed by atoms with Gasteiger partial charge in [0.05, 0.1) is 15.9 Å². The van der Waals surface area contributed by atoms with Crippen LogP contribution >= 0.6 is 11.8 Å². The summed E-state index contributed by atoms with van der Waals surface area (Å²) in [5.41, 5.74) is 2.42. The van der Waals surface area contributed by atoms with Crippen LogP contribution < -0.4 is 4.72 Å². The van der Waals surface area contributed by atoms with Gasteiger partial charge in [-0.05, 0) is 48.5 Å². The van der Waals surface area contributed by atoms with Crippen LogP contribution in [0.15, 0.2) is 93.8 Å². The van der Waals surface area contributed by atoms with Crippen LogP contribution in [0.25, 0.3) is 11.0 Å². The van der Waals surface area contributed by atoms with Crippen molar-refractivity contribution in [3.63, 3.8) is 0 Å². The predicted molar refractivity (Wildman–Crippen MR) is 104 cm³/mol. The molecule has 0 fully saturated rings. The zero-order valence-electron chi connectivity index (χ0n) is 13.6. The highest BCUT2D eigenvalue weighted by Crippen LogP contribution is 2.28. The predicted octanol–water partition coefficient (Wildman–Crippen LogP) is 4.51. The number of aromatic nitrogens is 2. The van der Waals surface area contributed by atoms with Gasteiger partial charge in [-0.2, -0.15) is 0 Å². The number of nitrogens with one attached hydrogen (secondary N) is 2. The topological polar surface area (TPSA) is 74.8 Å². The minimum atomic E-state index is -3.58. The second-order valence-corrected chi connectivity index (χ2v) is 8.35. The molecule has 0 unspecified atom stereocenters. The Morgan fingerprint density at radius 2 is 1.54 bits per heavy atom. The summed E-state index contributed by atoms with van der Waals surface area (Å²) in [4.78, 5) is 8.99. The van der Waals surface area contributed by atoms with Crippen molar-refractivity contribution in [1.29, 1.82) is 0 Å². The van der Waals surface area contributed by atoms with Crippen molar-refractivity contribution >= 4 is 38.5 Å². The Morgan fingerprint density at radius 1 is 0.846 bits per heavy atom. The molecule has 4 rings (SSSR count). The van der Waals surface area contributed by atoms with Crippen LogP contribution in [0.1, 0.15) is 0 Å². The van der Waals surface area contributed by atoms with Crippen molar-refractivity contribution in [3.05, 3.63) is 78.9 Å². The highest BCUT2D eigenvalue weighted by Gasteiger charge is 2.13. The van der Waals surface area contributed by atoms with E-state index in [9.17, 15) is 8.42 Å². The number of hydrogen-bond donors (Lipinski definition) is 2. The maximum Gasteiger partial charge on any atom is 0.261 e. The summed E-state index contributed by atoms with van der Waals surface area (Å²) in [6.07, 6.45) is 0. The molecule has 0 aliphatic carbocycles. The summed E-state index contributed by atoms with van der Waals surface area (Å²) in [6.45, 7) is 0. The lowest BCUT2D eigenvalue weighted by Gasteiger charge is -2.08. The van der Waals surface area contributed by atoms with E-state index in [1.807, 2.05) is 36.4 Å². The van der Waals surface area contributed by atoms with E-state index in [0.717, 1.165) is 21.1 Å². The number of sulfonamides is 1. The third kappa shape index (κ3) is 3.58. The Kier molecular flexibility index (Phi) is 4.40. The van der Waals surface area contributed by atoms with Gasteiger partial charge in [0.1, 0.15) is 0 Å². The van der Waals surface area contributed by atoms with Crippen LogP contribution in [-0.4, -0.2) is 18.4 Å². The van der Waals surface area contributed by atoms with Crippen molar-refractivity contribution in [1.82, 2.24) is 9.97 Å². The monoisotopic (exact) mass is 381 g/mol. The van der Waals surface area contributed by atoms with E-state index < -0.39 is 10.0 Å². The molecular formula is C19H15N3O2S2. The van der Waals surface area contributed by atoms with Crippen molar-refractivity contribution in [2.75, 3.05) is 4.72 Å². The highest BCUT2D eigenvalue weighted by molar-refractivity contribution is 7.99. The molecule has 130 valence electrons. The molecule has 1 heterocycles. The Bertz CT molecular complexity index is 1110. The van der Waals surface area contributed by atoms with Gasteiger partial charge in [0.2, 0.25) is 0 Å². The molecule has 0 atom stereocenters. The van der Waals surface area contributed by atoms with Gasteiger partial charge in [-0.3, -0.25) is 4.72 Å². The number of benzene rings is 3. The smallest absolute Gasteiger partial charge is 0.261 e. The van der Waals surface area contributed by atoms with Crippen molar-refractivity contribution in [2.24, 2.45) is 0 Å².